The number of carbonyl (C=O) groups is 2. The third-order valence-electron chi connectivity index (χ3n) is 4.60. The molecule has 0 atom stereocenters. The maximum atomic E-state index is 11.2. The quantitative estimate of drug-likeness (QED) is 0.586. The van der Waals surface area contributed by atoms with E-state index >= 15 is 0 Å². The third-order valence-corrected chi connectivity index (χ3v) is 4.60. The number of Topliss-reactive ketones (excluding diaryl/α,β-unsaturated/α-hetero) is 2. The van der Waals surface area contributed by atoms with E-state index in [1.807, 2.05) is 42.5 Å². The Morgan fingerprint density at radius 1 is 0.893 bits per heavy atom. The fraction of sp³-hybridized carbons (Fsp3) is 0.440. The minimum absolute atomic E-state index is 0.168. The van der Waals surface area contributed by atoms with E-state index in [1.165, 1.54) is 11.1 Å². The highest BCUT2D eigenvalue weighted by molar-refractivity contribution is 5.78. The predicted octanol–water partition coefficient (Wildman–Crippen LogP) is 5.72. The van der Waals surface area contributed by atoms with Gasteiger partial charge in [0.05, 0.1) is 7.11 Å². The number of hydrogen-bond donors (Lipinski definition) is 0. The summed E-state index contributed by atoms with van der Waals surface area (Å²) in [4.78, 5) is 22.2. The summed E-state index contributed by atoms with van der Waals surface area (Å²) in [6.45, 7) is 9.54. The van der Waals surface area contributed by atoms with Crippen LogP contribution in [0, 0.1) is 0 Å². The van der Waals surface area contributed by atoms with Gasteiger partial charge in [0.1, 0.15) is 17.3 Å². The minimum atomic E-state index is -0.168. The van der Waals surface area contributed by atoms with Crippen LogP contribution in [0.3, 0.4) is 0 Å². The lowest BCUT2D eigenvalue weighted by Gasteiger charge is -2.25. The summed E-state index contributed by atoms with van der Waals surface area (Å²) < 4.78 is 5.30. The van der Waals surface area contributed by atoms with Crippen molar-refractivity contribution in [3.8, 4) is 5.75 Å². The van der Waals surface area contributed by atoms with Gasteiger partial charge in [0.15, 0.2) is 0 Å². The second-order valence-electron chi connectivity index (χ2n) is 7.86. The first kappa shape index (κ1) is 23.6. The number of carbonyl (C=O) groups excluding carboxylic acids is 2. The van der Waals surface area contributed by atoms with Crippen molar-refractivity contribution in [3.05, 3.63) is 65.2 Å². The van der Waals surface area contributed by atoms with Crippen molar-refractivity contribution in [3.63, 3.8) is 0 Å². The molecular formula is C25H34O3. The van der Waals surface area contributed by atoms with Crippen LogP contribution >= 0.6 is 0 Å². The van der Waals surface area contributed by atoms with Gasteiger partial charge in [-0.05, 0) is 37.5 Å². The van der Waals surface area contributed by atoms with Crippen molar-refractivity contribution in [1.82, 2.24) is 0 Å². The van der Waals surface area contributed by atoms with Crippen LogP contribution < -0.4 is 4.74 Å². The van der Waals surface area contributed by atoms with Crippen molar-refractivity contribution in [2.45, 2.75) is 65.7 Å². The van der Waals surface area contributed by atoms with E-state index < -0.39 is 0 Å². The molecule has 0 aliphatic carbocycles. The zero-order valence-corrected chi connectivity index (χ0v) is 18.2. The van der Waals surface area contributed by atoms with Gasteiger partial charge in [-0.25, -0.2) is 0 Å². The summed E-state index contributed by atoms with van der Waals surface area (Å²) in [6, 6.07) is 16.0. The average Bonchev–Trinajstić information content (AvgIpc) is 2.62. The fourth-order valence-corrected chi connectivity index (χ4v) is 3.43. The lowest BCUT2D eigenvalue weighted by molar-refractivity contribution is -0.118. The maximum absolute atomic E-state index is 11.2. The first-order valence-corrected chi connectivity index (χ1v) is 9.90. The lowest BCUT2D eigenvalue weighted by atomic mass is 9.80. The Bertz CT molecular complexity index is 775. The van der Waals surface area contributed by atoms with E-state index in [0.29, 0.717) is 12.8 Å². The van der Waals surface area contributed by atoms with E-state index in [-0.39, 0.29) is 17.0 Å². The van der Waals surface area contributed by atoms with Gasteiger partial charge in [0, 0.05) is 23.8 Å². The Kier molecular flexibility index (Phi) is 9.64. The van der Waals surface area contributed by atoms with E-state index in [0.717, 1.165) is 24.2 Å². The number of aryl methyl sites for hydroxylation is 1. The summed E-state index contributed by atoms with van der Waals surface area (Å²) in [6.07, 6.45) is 3.32. The minimum Gasteiger partial charge on any atom is -0.496 e. The topological polar surface area (TPSA) is 43.4 Å². The summed E-state index contributed by atoms with van der Waals surface area (Å²) >= 11 is 0. The predicted molar refractivity (Wildman–Crippen MR) is 116 cm³/mol. The molecule has 0 amide bonds. The molecule has 2 aromatic carbocycles. The first-order valence-electron chi connectivity index (χ1n) is 9.90. The molecule has 0 aromatic heterocycles. The molecule has 0 unspecified atom stereocenters. The van der Waals surface area contributed by atoms with Crippen molar-refractivity contribution < 1.29 is 14.3 Å². The normalized spacial score (nSPS) is 10.6. The summed E-state index contributed by atoms with van der Waals surface area (Å²) in [5.41, 5.74) is 3.43. The number of ketones is 2. The SMILES string of the molecule is CCCc1ccccc1CC(C)=O.COc1ccccc1C(C)(C)CC(C)=O. The maximum Gasteiger partial charge on any atom is 0.134 e. The molecule has 0 saturated carbocycles. The van der Waals surface area contributed by atoms with Gasteiger partial charge in [0.2, 0.25) is 0 Å². The molecule has 0 radical (unpaired) electrons. The van der Waals surface area contributed by atoms with Gasteiger partial charge in [-0.15, -0.1) is 0 Å². The fourth-order valence-electron chi connectivity index (χ4n) is 3.43. The Labute approximate surface area is 170 Å². The largest absolute Gasteiger partial charge is 0.496 e. The summed E-state index contributed by atoms with van der Waals surface area (Å²) in [7, 11) is 1.66. The van der Waals surface area contributed by atoms with Crippen molar-refractivity contribution in [1.29, 1.82) is 0 Å². The standard InChI is InChI=1S/C13H18O2.C12H16O/c1-10(14)9-13(2,3)11-7-5-6-8-12(11)15-4;1-3-6-11-7-4-5-8-12(11)9-10(2)13/h5-8H,9H2,1-4H3;4-5,7-8H,3,6,9H2,1-2H3. The van der Waals surface area contributed by atoms with E-state index in [9.17, 15) is 9.59 Å². The number of hydrogen-bond acceptors (Lipinski definition) is 3. The number of methoxy groups -OCH3 is 1. The highest BCUT2D eigenvalue weighted by atomic mass is 16.5. The lowest BCUT2D eigenvalue weighted by Crippen LogP contribution is -2.21. The van der Waals surface area contributed by atoms with Crippen LogP contribution in [0.4, 0.5) is 0 Å². The first-order chi connectivity index (χ1) is 13.2. The second-order valence-corrected chi connectivity index (χ2v) is 7.86. The van der Waals surface area contributed by atoms with Gasteiger partial charge < -0.3 is 4.74 Å². The molecule has 3 nitrogen and oxygen atoms in total. The van der Waals surface area contributed by atoms with Crippen LogP contribution in [0.2, 0.25) is 0 Å². The van der Waals surface area contributed by atoms with Gasteiger partial charge >= 0.3 is 0 Å². The molecule has 152 valence electrons. The molecule has 3 heteroatoms. The number of benzene rings is 2. The van der Waals surface area contributed by atoms with Crippen LogP contribution in [0.25, 0.3) is 0 Å². The second kappa shape index (κ2) is 11.4. The van der Waals surface area contributed by atoms with E-state index in [1.54, 1.807) is 21.0 Å². The van der Waals surface area contributed by atoms with Crippen LogP contribution in [-0.2, 0) is 27.8 Å². The molecule has 0 saturated heterocycles. The summed E-state index contributed by atoms with van der Waals surface area (Å²) in [5, 5.41) is 0. The smallest absolute Gasteiger partial charge is 0.134 e. The molecule has 28 heavy (non-hydrogen) atoms. The Hall–Kier alpha value is -2.42. The highest BCUT2D eigenvalue weighted by Gasteiger charge is 2.25. The number of rotatable bonds is 8. The molecule has 0 fully saturated rings. The van der Waals surface area contributed by atoms with E-state index in [4.69, 9.17) is 4.74 Å². The molecule has 0 spiro atoms. The zero-order valence-electron chi connectivity index (χ0n) is 18.2. The monoisotopic (exact) mass is 382 g/mol. The van der Waals surface area contributed by atoms with Gasteiger partial charge in [-0.2, -0.15) is 0 Å². The van der Waals surface area contributed by atoms with Gasteiger partial charge in [0.25, 0.3) is 0 Å². The van der Waals surface area contributed by atoms with Crippen LogP contribution in [0.5, 0.6) is 5.75 Å². The Morgan fingerprint density at radius 3 is 2.00 bits per heavy atom. The summed E-state index contributed by atoms with van der Waals surface area (Å²) in [5.74, 6) is 1.29. The van der Waals surface area contributed by atoms with Gasteiger partial charge in [-0.1, -0.05) is 69.7 Å². The Balaban J connectivity index is 0.000000283. The van der Waals surface area contributed by atoms with Crippen LogP contribution in [0.15, 0.2) is 48.5 Å². The van der Waals surface area contributed by atoms with Crippen molar-refractivity contribution in [2.24, 2.45) is 0 Å². The Morgan fingerprint density at radius 2 is 1.46 bits per heavy atom. The number of para-hydroxylation sites is 1. The molecule has 2 rings (SSSR count). The zero-order chi connectivity index (χ0) is 21.2. The molecule has 0 aliphatic rings. The molecule has 0 bridgehead atoms. The van der Waals surface area contributed by atoms with Crippen molar-refractivity contribution in [2.75, 3.05) is 7.11 Å². The average molecular weight is 383 g/mol. The molecular weight excluding hydrogens is 348 g/mol. The van der Waals surface area contributed by atoms with Crippen LogP contribution in [-0.4, -0.2) is 18.7 Å². The van der Waals surface area contributed by atoms with Crippen LogP contribution in [0.1, 0.15) is 64.2 Å². The third kappa shape index (κ3) is 7.67. The highest BCUT2D eigenvalue weighted by Crippen LogP contribution is 2.34. The van der Waals surface area contributed by atoms with Gasteiger partial charge in [-0.3, -0.25) is 9.59 Å². The molecule has 2 aromatic rings. The van der Waals surface area contributed by atoms with Crippen molar-refractivity contribution >= 4 is 11.6 Å². The molecule has 0 aliphatic heterocycles. The number of ether oxygens (including phenoxy) is 1. The molecule has 0 heterocycles. The molecule has 0 N–H and O–H groups in total. The van der Waals surface area contributed by atoms with E-state index in [2.05, 4.69) is 26.8 Å².